The van der Waals surface area contributed by atoms with E-state index in [1.54, 1.807) is 6.07 Å². The zero-order valence-corrected chi connectivity index (χ0v) is 10.9. The Balaban J connectivity index is 3.38. The first-order valence-electron chi connectivity index (χ1n) is 4.87. The van der Waals surface area contributed by atoms with E-state index in [1.165, 1.54) is 6.07 Å². The van der Waals surface area contributed by atoms with Crippen molar-refractivity contribution in [3.8, 4) is 6.07 Å². The van der Waals surface area contributed by atoms with Gasteiger partial charge < -0.3 is 5.11 Å². The fourth-order valence-corrected chi connectivity index (χ4v) is 2.50. The Bertz CT molecular complexity index is 540. The van der Waals surface area contributed by atoms with Crippen molar-refractivity contribution < 1.29 is 23.1 Å². The number of hydrogen-bond donors (Lipinski definition) is 1. The summed E-state index contributed by atoms with van der Waals surface area (Å²) in [6, 6.07) is 4.08. The fourth-order valence-electron chi connectivity index (χ4n) is 1.49. The first-order valence-corrected chi connectivity index (χ1v) is 6.22. The highest BCUT2D eigenvalue weighted by Crippen LogP contribution is 2.40. The molecule has 19 heavy (non-hydrogen) atoms. The molecule has 1 rings (SSSR count). The lowest BCUT2D eigenvalue weighted by Crippen LogP contribution is -2.09. The number of carboxylic acids is 1. The number of benzene rings is 1. The summed E-state index contributed by atoms with van der Waals surface area (Å²) < 4.78 is 37.2. The monoisotopic (exact) mass is 309 g/mol. The molecule has 0 bridgehead atoms. The predicted octanol–water partition coefficient (Wildman–Crippen LogP) is 3.54. The smallest absolute Gasteiger partial charge is 0.446 e. The maximum atomic E-state index is 12.4. The van der Waals surface area contributed by atoms with E-state index in [-0.39, 0.29) is 27.5 Å². The third-order valence-electron chi connectivity index (χ3n) is 2.20. The van der Waals surface area contributed by atoms with Crippen LogP contribution in [0.3, 0.4) is 0 Å². The molecular weight excluding hydrogens is 303 g/mol. The van der Waals surface area contributed by atoms with Crippen LogP contribution in [0, 0.1) is 11.3 Å². The number of rotatable bonds is 4. The highest BCUT2D eigenvalue weighted by atomic mass is 35.5. The topological polar surface area (TPSA) is 61.1 Å². The molecule has 0 aromatic heterocycles. The standard InChI is InChI=1S/C11H7ClF3NO2S/c12-4-8-6(5-16)1-2-9(19-11(13,14)15)7(8)3-10(17)18/h1-2H,3-4H2,(H,17,18). The van der Waals surface area contributed by atoms with Crippen LogP contribution in [-0.4, -0.2) is 16.6 Å². The summed E-state index contributed by atoms with van der Waals surface area (Å²) in [5, 5.41) is 17.6. The number of hydrogen-bond acceptors (Lipinski definition) is 3. The SMILES string of the molecule is N#Cc1ccc(SC(F)(F)F)c(CC(=O)O)c1CCl. The second-order valence-electron chi connectivity index (χ2n) is 3.43. The van der Waals surface area contributed by atoms with Crippen LogP contribution in [0.4, 0.5) is 13.2 Å². The molecule has 0 aliphatic rings. The van der Waals surface area contributed by atoms with Crippen molar-refractivity contribution in [2.45, 2.75) is 22.7 Å². The van der Waals surface area contributed by atoms with E-state index in [0.29, 0.717) is 0 Å². The number of aliphatic carboxylic acids is 1. The van der Waals surface area contributed by atoms with Gasteiger partial charge in [0.15, 0.2) is 0 Å². The Kier molecular flexibility index (Phi) is 5.09. The number of carboxylic acid groups (broad SMARTS) is 1. The largest absolute Gasteiger partial charge is 0.481 e. The minimum Gasteiger partial charge on any atom is -0.481 e. The van der Waals surface area contributed by atoms with Gasteiger partial charge in [0.25, 0.3) is 0 Å². The van der Waals surface area contributed by atoms with Crippen LogP contribution in [0.15, 0.2) is 17.0 Å². The van der Waals surface area contributed by atoms with Crippen molar-refractivity contribution in [3.63, 3.8) is 0 Å². The first-order chi connectivity index (χ1) is 8.78. The molecule has 0 spiro atoms. The van der Waals surface area contributed by atoms with Crippen molar-refractivity contribution in [2.24, 2.45) is 0 Å². The number of carbonyl (C=O) groups is 1. The van der Waals surface area contributed by atoms with Crippen molar-refractivity contribution >= 4 is 29.3 Å². The summed E-state index contributed by atoms with van der Waals surface area (Å²) in [5.74, 6) is -1.51. The van der Waals surface area contributed by atoms with Gasteiger partial charge in [0.1, 0.15) is 0 Å². The summed E-state index contributed by atoms with van der Waals surface area (Å²) in [7, 11) is 0. The van der Waals surface area contributed by atoms with Crippen LogP contribution in [0.5, 0.6) is 0 Å². The van der Waals surface area contributed by atoms with Gasteiger partial charge in [0, 0.05) is 10.8 Å². The molecule has 0 aliphatic heterocycles. The van der Waals surface area contributed by atoms with E-state index in [9.17, 15) is 18.0 Å². The average Bonchev–Trinajstić information content (AvgIpc) is 2.28. The van der Waals surface area contributed by atoms with E-state index >= 15 is 0 Å². The molecule has 0 heterocycles. The Labute approximate surface area is 116 Å². The molecule has 0 radical (unpaired) electrons. The zero-order chi connectivity index (χ0) is 14.6. The van der Waals surface area contributed by atoms with Crippen molar-refractivity contribution in [2.75, 3.05) is 0 Å². The van der Waals surface area contributed by atoms with Gasteiger partial charge in [-0.05, 0) is 35.0 Å². The van der Waals surface area contributed by atoms with Gasteiger partial charge in [0.05, 0.1) is 18.1 Å². The second kappa shape index (κ2) is 6.17. The molecule has 8 heteroatoms. The number of nitriles is 1. The molecule has 102 valence electrons. The van der Waals surface area contributed by atoms with Crippen LogP contribution in [0.2, 0.25) is 0 Å². The van der Waals surface area contributed by atoms with E-state index in [4.69, 9.17) is 22.0 Å². The van der Waals surface area contributed by atoms with Crippen LogP contribution in [0.25, 0.3) is 0 Å². The molecule has 0 fully saturated rings. The van der Waals surface area contributed by atoms with E-state index in [0.717, 1.165) is 6.07 Å². The number of thioether (sulfide) groups is 1. The fraction of sp³-hybridized carbons (Fsp3) is 0.273. The normalized spacial score (nSPS) is 11.1. The summed E-state index contributed by atoms with van der Waals surface area (Å²) >= 11 is 5.19. The summed E-state index contributed by atoms with van der Waals surface area (Å²) in [6.07, 6.45) is -0.615. The number of nitrogens with zero attached hydrogens (tertiary/aromatic N) is 1. The predicted molar refractivity (Wildman–Crippen MR) is 64.0 cm³/mol. The van der Waals surface area contributed by atoms with Gasteiger partial charge in [-0.3, -0.25) is 4.79 Å². The van der Waals surface area contributed by atoms with Gasteiger partial charge in [-0.15, -0.1) is 11.6 Å². The van der Waals surface area contributed by atoms with Crippen LogP contribution in [-0.2, 0) is 17.1 Å². The first kappa shape index (κ1) is 15.7. The molecule has 0 unspecified atom stereocenters. The maximum absolute atomic E-state index is 12.4. The van der Waals surface area contributed by atoms with Gasteiger partial charge in [0.2, 0.25) is 0 Å². The quantitative estimate of drug-likeness (QED) is 0.682. The molecule has 0 saturated carbocycles. The third kappa shape index (κ3) is 4.33. The lowest BCUT2D eigenvalue weighted by molar-refractivity contribution is -0.136. The molecular formula is C11H7ClF3NO2S. The molecule has 1 N–H and O–H groups in total. The highest BCUT2D eigenvalue weighted by Gasteiger charge is 2.31. The maximum Gasteiger partial charge on any atom is 0.446 e. The van der Waals surface area contributed by atoms with Crippen molar-refractivity contribution in [1.29, 1.82) is 5.26 Å². The minimum atomic E-state index is -4.54. The zero-order valence-electron chi connectivity index (χ0n) is 9.29. The lowest BCUT2D eigenvalue weighted by Gasteiger charge is -2.14. The molecule has 1 aromatic carbocycles. The Morgan fingerprint density at radius 1 is 1.42 bits per heavy atom. The van der Waals surface area contributed by atoms with E-state index in [1.807, 2.05) is 0 Å². The third-order valence-corrected chi connectivity index (χ3v) is 3.30. The summed E-state index contributed by atoms with van der Waals surface area (Å²) in [4.78, 5) is 10.5. The molecule has 0 amide bonds. The van der Waals surface area contributed by atoms with Crippen LogP contribution < -0.4 is 0 Å². The lowest BCUT2D eigenvalue weighted by atomic mass is 10.0. The van der Waals surface area contributed by atoms with E-state index in [2.05, 4.69) is 0 Å². The van der Waals surface area contributed by atoms with Gasteiger partial charge in [-0.25, -0.2) is 0 Å². The molecule has 0 aliphatic carbocycles. The van der Waals surface area contributed by atoms with Crippen LogP contribution >= 0.6 is 23.4 Å². The molecule has 1 aromatic rings. The van der Waals surface area contributed by atoms with Gasteiger partial charge >= 0.3 is 11.5 Å². The van der Waals surface area contributed by atoms with Crippen molar-refractivity contribution in [3.05, 3.63) is 28.8 Å². The number of alkyl halides is 4. The Morgan fingerprint density at radius 2 is 2.05 bits per heavy atom. The Morgan fingerprint density at radius 3 is 2.47 bits per heavy atom. The average molecular weight is 310 g/mol. The summed E-state index contributed by atoms with van der Waals surface area (Å²) in [5.41, 5.74) is -4.40. The minimum absolute atomic E-state index is 0.0659. The van der Waals surface area contributed by atoms with Crippen molar-refractivity contribution in [1.82, 2.24) is 0 Å². The Hall–Kier alpha value is -1.39. The molecule has 0 saturated heterocycles. The summed E-state index contributed by atoms with van der Waals surface area (Å²) in [6.45, 7) is 0. The number of halogens is 4. The van der Waals surface area contributed by atoms with Crippen LogP contribution in [0.1, 0.15) is 16.7 Å². The highest BCUT2D eigenvalue weighted by molar-refractivity contribution is 8.00. The second-order valence-corrected chi connectivity index (χ2v) is 4.81. The molecule has 0 atom stereocenters. The molecule has 3 nitrogen and oxygen atoms in total. The van der Waals surface area contributed by atoms with Gasteiger partial charge in [-0.1, -0.05) is 0 Å². The van der Waals surface area contributed by atoms with E-state index < -0.39 is 29.7 Å². The van der Waals surface area contributed by atoms with Gasteiger partial charge in [-0.2, -0.15) is 18.4 Å².